The fourth-order valence-corrected chi connectivity index (χ4v) is 2.60. The number of aliphatic hydroxyl groups is 2. The van der Waals surface area contributed by atoms with Crippen LogP contribution in [-0.2, 0) is 4.79 Å². The molecule has 3 unspecified atom stereocenters. The van der Waals surface area contributed by atoms with E-state index < -0.39 is 11.9 Å². The summed E-state index contributed by atoms with van der Waals surface area (Å²) in [5.41, 5.74) is 0. The van der Waals surface area contributed by atoms with Crippen molar-refractivity contribution in [3.63, 3.8) is 0 Å². The minimum Gasteiger partial charge on any atom is -0.481 e. The third kappa shape index (κ3) is 2.69. The summed E-state index contributed by atoms with van der Waals surface area (Å²) in [6.07, 6.45) is 3.53. The zero-order chi connectivity index (χ0) is 11.4. The Morgan fingerprint density at radius 1 is 1.33 bits per heavy atom. The van der Waals surface area contributed by atoms with Gasteiger partial charge in [-0.2, -0.15) is 0 Å². The van der Waals surface area contributed by atoms with Crippen molar-refractivity contribution in [2.24, 2.45) is 23.7 Å². The molecule has 87 valence electrons. The molecule has 1 radical (unpaired) electrons. The Bertz CT molecular complexity index is 205. The van der Waals surface area contributed by atoms with E-state index in [1.807, 2.05) is 6.42 Å². The minimum absolute atomic E-state index is 0.00468. The molecule has 1 saturated carbocycles. The van der Waals surface area contributed by atoms with Gasteiger partial charge in [0.2, 0.25) is 0 Å². The summed E-state index contributed by atoms with van der Waals surface area (Å²) >= 11 is 0. The Morgan fingerprint density at radius 2 is 1.80 bits per heavy atom. The van der Waals surface area contributed by atoms with Crippen LogP contribution in [0.15, 0.2) is 0 Å². The molecule has 4 heteroatoms. The molecule has 0 aromatic heterocycles. The highest BCUT2D eigenvalue weighted by Gasteiger charge is 2.38. The molecule has 3 atom stereocenters. The van der Waals surface area contributed by atoms with Gasteiger partial charge in [-0.1, -0.05) is 6.92 Å². The fraction of sp³-hybridized carbons (Fsp3) is 0.818. The Morgan fingerprint density at radius 3 is 2.13 bits per heavy atom. The van der Waals surface area contributed by atoms with E-state index in [4.69, 9.17) is 5.11 Å². The summed E-state index contributed by atoms with van der Waals surface area (Å²) in [4.78, 5) is 10.9. The molecular formula is C11H19O4. The van der Waals surface area contributed by atoms with Gasteiger partial charge in [0.05, 0.1) is 5.92 Å². The van der Waals surface area contributed by atoms with Crippen LogP contribution in [0.5, 0.6) is 0 Å². The number of carboxylic acid groups (broad SMARTS) is 1. The molecule has 0 spiro atoms. The molecule has 4 nitrogen and oxygen atoms in total. The van der Waals surface area contributed by atoms with E-state index in [1.54, 1.807) is 6.92 Å². The molecule has 0 heterocycles. The van der Waals surface area contributed by atoms with E-state index in [-0.39, 0.29) is 31.0 Å². The topological polar surface area (TPSA) is 77.8 Å². The number of carboxylic acids is 1. The second-order valence-corrected chi connectivity index (χ2v) is 4.35. The predicted molar refractivity (Wildman–Crippen MR) is 55.0 cm³/mol. The van der Waals surface area contributed by atoms with E-state index in [2.05, 4.69) is 0 Å². The van der Waals surface area contributed by atoms with Gasteiger partial charge in [0.25, 0.3) is 0 Å². The first-order valence-corrected chi connectivity index (χ1v) is 5.38. The average molecular weight is 215 g/mol. The number of aliphatic carboxylic acids is 1. The minimum atomic E-state index is -0.848. The van der Waals surface area contributed by atoms with Crippen LogP contribution < -0.4 is 0 Å². The molecule has 3 N–H and O–H groups in total. The van der Waals surface area contributed by atoms with E-state index in [0.29, 0.717) is 0 Å². The normalized spacial score (nSPS) is 33.7. The van der Waals surface area contributed by atoms with Crippen LogP contribution in [0, 0.1) is 30.1 Å². The summed E-state index contributed by atoms with van der Waals surface area (Å²) in [6, 6.07) is 0. The van der Waals surface area contributed by atoms with Gasteiger partial charge in [-0.15, -0.1) is 0 Å². The molecule has 1 aliphatic carbocycles. The van der Waals surface area contributed by atoms with Crippen molar-refractivity contribution in [3.05, 3.63) is 6.42 Å². The lowest BCUT2D eigenvalue weighted by Crippen LogP contribution is -2.39. The first kappa shape index (κ1) is 12.5. The van der Waals surface area contributed by atoms with Gasteiger partial charge in [0.15, 0.2) is 0 Å². The number of aliphatic hydroxyl groups excluding tert-OH is 2. The highest BCUT2D eigenvalue weighted by molar-refractivity contribution is 5.70. The van der Waals surface area contributed by atoms with E-state index in [0.717, 1.165) is 12.8 Å². The Balaban J connectivity index is 2.78. The van der Waals surface area contributed by atoms with Gasteiger partial charge in [-0.3, -0.25) is 4.79 Å². The number of hydrogen-bond donors (Lipinski definition) is 3. The molecule has 1 aliphatic rings. The lowest BCUT2D eigenvalue weighted by Gasteiger charge is -2.38. The van der Waals surface area contributed by atoms with Crippen LogP contribution in [0.4, 0.5) is 0 Å². The van der Waals surface area contributed by atoms with Gasteiger partial charge in [-0.25, -0.2) is 0 Å². The molecular weight excluding hydrogens is 196 g/mol. The van der Waals surface area contributed by atoms with Crippen molar-refractivity contribution in [1.29, 1.82) is 0 Å². The average Bonchev–Trinajstić information content (AvgIpc) is 2.26. The SMILES string of the molecule is CC(C(=O)O)C1C(CO)C[CH]CC1CO. The third-order valence-corrected chi connectivity index (χ3v) is 3.46. The van der Waals surface area contributed by atoms with Crippen molar-refractivity contribution in [1.82, 2.24) is 0 Å². The van der Waals surface area contributed by atoms with Gasteiger partial charge in [-0.05, 0) is 37.0 Å². The first-order valence-electron chi connectivity index (χ1n) is 5.38. The molecule has 15 heavy (non-hydrogen) atoms. The standard InChI is InChI=1S/C11H19O4/c1-7(11(14)15)10-8(5-12)3-2-4-9(10)6-13/h2,7-10,12-13H,3-6H2,1H3,(H,14,15). The predicted octanol–water partition coefficient (Wildman–Crippen LogP) is 0.538. The van der Waals surface area contributed by atoms with Crippen LogP contribution in [0.3, 0.4) is 0 Å². The van der Waals surface area contributed by atoms with E-state index >= 15 is 0 Å². The third-order valence-electron chi connectivity index (χ3n) is 3.46. The van der Waals surface area contributed by atoms with Crippen LogP contribution >= 0.6 is 0 Å². The molecule has 1 fully saturated rings. The number of carbonyl (C=O) groups is 1. The maximum atomic E-state index is 10.9. The smallest absolute Gasteiger partial charge is 0.306 e. The highest BCUT2D eigenvalue weighted by Crippen LogP contribution is 2.38. The van der Waals surface area contributed by atoms with Crippen LogP contribution in [-0.4, -0.2) is 34.5 Å². The van der Waals surface area contributed by atoms with E-state index in [9.17, 15) is 15.0 Å². The second-order valence-electron chi connectivity index (χ2n) is 4.35. The Kier molecular flexibility index (Phi) is 4.54. The number of rotatable bonds is 4. The van der Waals surface area contributed by atoms with Crippen LogP contribution in [0.25, 0.3) is 0 Å². The summed E-state index contributed by atoms with van der Waals surface area (Å²) in [6.45, 7) is 1.65. The molecule has 0 aliphatic heterocycles. The molecule has 0 bridgehead atoms. The summed E-state index contributed by atoms with van der Waals surface area (Å²) in [5.74, 6) is -1.53. The van der Waals surface area contributed by atoms with Crippen LogP contribution in [0.2, 0.25) is 0 Å². The quantitative estimate of drug-likeness (QED) is 0.639. The fourth-order valence-electron chi connectivity index (χ4n) is 2.60. The van der Waals surface area contributed by atoms with Crippen molar-refractivity contribution < 1.29 is 20.1 Å². The Hall–Kier alpha value is -0.610. The van der Waals surface area contributed by atoms with Crippen molar-refractivity contribution >= 4 is 5.97 Å². The monoisotopic (exact) mass is 215 g/mol. The Labute approximate surface area is 89.9 Å². The molecule has 0 aromatic rings. The summed E-state index contributed by atoms with van der Waals surface area (Å²) in [5, 5.41) is 27.4. The van der Waals surface area contributed by atoms with Gasteiger partial charge < -0.3 is 15.3 Å². The number of hydrogen-bond acceptors (Lipinski definition) is 3. The van der Waals surface area contributed by atoms with Gasteiger partial charge >= 0.3 is 5.97 Å². The van der Waals surface area contributed by atoms with Crippen LogP contribution in [0.1, 0.15) is 19.8 Å². The maximum Gasteiger partial charge on any atom is 0.306 e. The highest BCUT2D eigenvalue weighted by atomic mass is 16.4. The zero-order valence-corrected chi connectivity index (χ0v) is 8.97. The molecule has 0 aromatic carbocycles. The largest absolute Gasteiger partial charge is 0.481 e. The second kappa shape index (κ2) is 5.47. The van der Waals surface area contributed by atoms with E-state index in [1.165, 1.54) is 0 Å². The molecule has 0 amide bonds. The van der Waals surface area contributed by atoms with Crippen molar-refractivity contribution in [3.8, 4) is 0 Å². The van der Waals surface area contributed by atoms with Gasteiger partial charge in [0, 0.05) is 13.2 Å². The first-order chi connectivity index (χ1) is 7.11. The lowest BCUT2D eigenvalue weighted by molar-refractivity contribution is -0.145. The van der Waals surface area contributed by atoms with Gasteiger partial charge in [0.1, 0.15) is 0 Å². The zero-order valence-electron chi connectivity index (χ0n) is 8.97. The molecule has 0 saturated heterocycles. The maximum absolute atomic E-state index is 10.9. The van der Waals surface area contributed by atoms with Crippen molar-refractivity contribution in [2.75, 3.05) is 13.2 Å². The molecule has 1 rings (SSSR count). The summed E-state index contributed by atoms with van der Waals surface area (Å²) in [7, 11) is 0. The summed E-state index contributed by atoms with van der Waals surface area (Å²) < 4.78 is 0. The van der Waals surface area contributed by atoms with Crippen molar-refractivity contribution in [2.45, 2.75) is 19.8 Å². The lowest BCUT2D eigenvalue weighted by atomic mass is 9.67.